The monoisotopic (exact) mass is 434 g/mol. The number of terminal acetylenes is 1. The predicted octanol–water partition coefficient (Wildman–Crippen LogP) is 6.55. The Morgan fingerprint density at radius 2 is 2.03 bits per heavy atom. The molecule has 1 aliphatic rings. The first kappa shape index (κ1) is 23.6. The number of dihydropyridines is 1. The van der Waals surface area contributed by atoms with E-state index < -0.39 is 0 Å². The molecule has 0 aromatic heterocycles. The Labute approximate surface area is 197 Å². The van der Waals surface area contributed by atoms with Gasteiger partial charge in [-0.25, -0.2) is 0 Å². The molecule has 0 fully saturated rings. The molecule has 1 unspecified atom stereocenters. The van der Waals surface area contributed by atoms with Gasteiger partial charge < -0.3 is 10.1 Å². The zero-order chi connectivity index (χ0) is 23.5. The summed E-state index contributed by atoms with van der Waals surface area (Å²) in [6, 6.07) is 16.5. The molecule has 0 radical (unpaired) electrons. The molecule has 0 bridgehead atoms. The van der Waals surface area contributed by atoms with Crippen molar-refractivity contribution < 1.29 is 4.74 Å². The summed E-state index contributed by atoms with van der Waals surface area (Å²) in [5.41, 5.74) is 6.54. The summed E-state index contributed by atoms with van der Waals surface area (Å²) in [4.78, 5) is 4.58. The third-order valence-electron chi connectivity index (χ3n) is 5.21. The van der Waals surface area contributed by atoms with E-state index in [1.165, 1.54) is 11.1 Å². The van der Waals surface area contributed by atoms with E-state index in [2.05, 4.69) is 66.1 Å². The van der Waals surface area contributed by atoms with Gasteiger partial charge in [0.1, 0.15) is 5.75 Å². The van der Waals surface area contributed by atoms with Crippen LogP contribution in [0.1, 0.15) is 30.0 Å². The molecule has 1 atom stereocenters. The number of rotatable bonds is 9. The summed E-state index contributed by atoms with van der Waals surface area (Å²) < 4.78 is 5.95. The molecular weight excluding hydrogens is 404 g/mol. The summed E-state index contributed by atoms with van der Waals surface area (Å²) in [7, 11) is 0. The van der Waals surface area contributed by atoms with Crippen molar-refractivity contribution >= 4 is 11.3 Å². The topological polar surface area (TPSA) is 33.6 Å². The number of allylic oxidation sites excluding steroid dienone is 6. The second kappa shape index (κ2) is 12.1. The van der Waals surface area contributed by atoms with Crippen LogP contribution in [0.3, 0.4) is 0 Å². The minimum Gasteiger partial charge on any atom is -0.467 e. The first-order valence-electron chi connectivity index (χ1n) is 11.0. The molecule has 1 N–H and O–H groups in total. The van der Waals surface area contributed by atoms with E-state index in [-0.39, 0.29) is 6.23 Å². The fourth-order valence-corrected chi connectivity index (χ4v) is 3.61. The molecule has 33 heavy (non-hydrogen) atoms. The summed E-state index contributed by atoms with van der Waals surface area (Å²) in [6.07, 6.45) is 20.3. The summed E-state index contributed by atoms with van der Waals surface area (Å²) in [6.45, 7) is 7.93. The highest BCUT2D eigenvalue weighted by Gasteiger charge is 2.10. The number of nitrogens with zero attached hydrogens (tertiary/aromatic N) is 1. The quantitative estimate of drug-likeness (QED) is 0.276. The van der Waals surface area contributed by atoms with Gasteiger partial charge in [0.05, 0.1) is 5.71 Å². The van der Waals surface area contributed by atoms with Crippen molar-refractivity contribution in [3.63, 3.8) is 0 Å². The van der Waals surface area contributed by atoms with Crippen LogP contribution in [-0.2, 0) is 6.42 Å². The maximum Gasteiger partial charge on any atom is 0.189 e. The highest BCUT2D eigenvalue weighted by molar-refractivity contribution is 6.05. The Morgan fingerprint density at radius 3 is 2.67 bits per heavy atom. The van der Waals surface area contributed by atoms with Crippen LogP contribution >= 0.6 is 0 Å². The summed E-state index contributed by atoms with van der Waals surface area (Å²) in [5, 5.41) is 3.15. The standard InChI is InChI=1S/C30H30N2O/c1-5-11-27(26-15-17-28(18-16-26)33-30-14-8-9-19-32-30)22-25(6-2)29(31-7-3)21-24-13-10-12-23(4)20-24/h1,6-10,12-20,22,30,32H,3,11,21H2,2,4H3/b25-6-,27-22+,31-29-. The molecule has 0 amide bonds. The zero-order valence-corrected chi connectivity index (χ0v) is 19.3. The van der Waals surface area contributed by atoms with Gasteiger partial charge in [0.15, 0.2) is 6.23 Å². The number of ether oxygens (including phenoxy) is 1. The maximum absolute atomic E-state index is 5.95. The second-order valence-corrected chi connectivity index (χ2v) is 7.69. The second-order valence-electron chi connectivity index (χ2n) is 7.69. The van der Waals surface area contributed by atoms with Crippen LogP contribution in [0.4, 0.5) is 0 Å². The van der Waals surface area contributed by atoms with Crippen LogP contribution in [0.2, 0.25) is 0 Å². The minimum absolute atomic E-state index is 0.171. The molecule has 0 spiro atoms. The van der Waals surface area contributed by atoms with Gasteiger partial charge in [-0.15, -0.1) is 12.3 Å². The molecule has 0 aliphatic carbocycles. The van der Waals surface area contributed by atoms with Gasteiger partial charge in [0.25, 0.3) is 0 Å². The van der Waals surface area contributed by atoms with Gasteiger partial charge in [-0.3, -0.25) is 4.99 Å². The van der Waals surface area contributed by atoms with E-state index in [1.54, 1.807) is 6.20 Å². The Morgan fingerprint density at radius 1 is 1.21 bits per heavy atom. The molecule has 2 aromatic rings. The number of aliphatic imine (C=N–C) groups is 1. The first-order valence-corrected chi connectivity index (χ1v) is 11.0. The van der Waals surface area contributed by atoms with Crippen molar-refractivity contribution in [2.75, 3.05) is 0 Å². The van der Waals surface area contributed by atoms with E-state index in [0.29, 0.717) is 6.42 Å². The average Bonchev–Trinajstić information content (AvgIpc) is 2.83. The lowest BCUT2D eigenvalue weighted by atomic mass is 9.95. The van der Waals surface area contributed by atoms with Crippen molar-refractivity contribution in [3.8, 4) is 18.1 Å². The average molecular weight is 435 g/mol. The third kappa shape index (κ3) is 6.98. The SMILES string of the molecule is C#CC\C(=C/C(=C/C)C(/Cc1cccc(C)c1)=N\C=C)c1ccc(OC2C=CC=CN2)cc1. The number of nitrogens with one attached hydrogen (secondary N) is 1. The molecule has 1 heterocycles. The molecule has 0 saturated carbocycles. The van der Waals surface area contributed by atoms with Crippen LogP contribution in [0.25, 0.3) is 5.57 Å². The van der Waals surface area contributed by atoms with Crippen LogP contribution in [-0.4, -0.2) is 11.9 Å². The van der Waals surface area contributed by atoms with Crippen LogP contribution in [0.15, 0.2) is 108 Å². The lowest BCUT2D eigenvalue weighted by Gasteiger charge is -2.18. The van der Waals surface area contributed by atoms with Crippen molar-refractivity contribution in [1.82, 2.24) is 5.32 Å². The van der Waals surface area contributed by atoms with Gasteiger partial charge in [-0.05, 0) is 72.7 Å². The lowest BCUT2D eigenvalue weighted by molar-refractivity contribution is 0.227. The van der Waals surface area contributed by atoms with E-state index in [4.69, 9.17) is 11.2 Å². The van der Waals surface area contributed by atoms with Gasteiger partial charge in [-0.1, -0.05) is 60.7 Å². The number of hydrogen-bond donors (Lipinski definition) is 1. The van der Waals surface area contributed by atoms with Gasteiger partial charge in [-0.2, -0.15) is 0 Å². The maximum atomic E-state index is 5.95. The smallest absolute Gasteiger partial charge is 0.189 e. The first-order chi connectivity index (χ1) is 16.1. The third-order valence-corrected chi connectivity index (χ3v) is 5.21. The highest BCUT2D eigenvalue weighted by Crippen LogP contribution is 2.24. The summed E-state index contributed by atoms with van der Waals surface area (Å²) >= 11 is 0. The van der Waals surface area contributed by atoms with Gasteiger partial charge in [0, 0.05) is 19.0 Å². The van der Waals surface area contributed by atoms with E-state index >= 15 is 0 Å². The Balaban J connectivity index is 1.84. The van der Waals surface area contributed by atoms with Crippen molar-refractivity contribution in [1.29, 1.82) is 0 Å². The predicted molar refractivity (Wildman–Crippen MR) is 140 cm³/mol. The van der Waals surface area contributed by atoms with E-state index in [0.717, 1.165) is 34.6 Å². The van der Waals surface area contributed by atoms with E-state index in [9.17, 15) is 0 Å². The van der Waals surface area contributed by atoms with Crippen molar-refractivity contribution in [2.24, 2.45) is 4.99 Å². The molecule has 3 rings (SSSR count). The lowest BCUT2D eigenvalue weighted by Crippen LogP contribution is -2.29. The highest BCUT2D eigenvalue weighted by atomic mass is 16.5. The number of benzene rings is 2. The molecule has 3 nitrogen and oxygen atoms in total. The number of hydrogen-bond acceptors (Lipinski definition) is 3. The van der Waals surface area contributed by atoms with Crippen molar-refractivity contribution in [2.45, 2.75) is 32.9 Å². The van der Waals surface area contributed by atoms with E-state index in [1.807, 2.05) is 55.6 Å². The summed E-state index contributed by atoms with van der Waals surface area (Å²) in [5.74, 6) is 3.58. The molecule has 0 saturated heterocycles. The van der Waals surface area contributed by atoms with Crippen LogP contribution < -0.4 is 10.1 Å². The van der Waals surface area contributed by atoms with Gasteiger partial charge >= 0.3 is 0 Å². The Kier molecular flexibility index (Phi) is 8.68. The number of aryl methyl sites for hydroxylation is 1. The Hall–Kier alpha value is -4.03. The van der Waals surface area contributed by atoms with Crippen molar-refractivity contribution in [3.05, 3.63) is 120 Å². The largest absolute Gasteiger partial charge is 0.467 e. The normalized spacial score (nSPS) is 16.2. The molecule has 166 valence electrons. The Bertz CT molecular complexity index is 1150. The molecular formula is C30H30N2O. The van der Waals surface area contributed by atoms with Gasteiger partial charge in [0.2, 0.25) is 0 Å². The zero-order valence-electron chi connectivity index (χ0n) is 19.3. The fourth-order valence-electron chi connectivity index (χ4n) is 3.61. The fraction of sp³-hybridized carbons (Fsp3) is 0.167. The molecule has 2 aromatic carbocycles. The minimum atomic E-state index is -0.171. The molecule has 3 heteroatoms. The molecule has 1 aliphatic heterocycles. The van der Waals surface area contributed by atoms with Crippen LogP contribution in [0.5, 0.6) is 5.75 Å². The van der Waals surface area contributed by atoms with Crippen LogP contribution in [0, 0.1) is 19.3 Å².